The highest BCUT2D eigenvalue weighted by molar-refractivity contribution is 7.92. The molecule has 3 rings (SSSR count). The number of ether oxygens (including phenoxy) is 1. The zero-order valence-corrected chi connectivity index (χ0v) is 16.4. The van der Waals surface area contributed by atoms with Gasteiger partial charge in [0.25, 0.3) is 10.0 Å². The fourth-order valence-corrected chi connectivity index (χ4v) is 3.59. The van der Waals surface area contributed by atoms with E-state index in [1.54, 1.807) is 55.3 Å². The number of benzene rings is 2. The Hall–Kier alpha value is -3.33. The summed E-state index contributed by atoms with van der Waals surface area (Å²) >= 11 is 0. The Morgan fingerprint density at radius 3 is 2.32 bits per heavy atom. The van der Waals surface area contributed by atoms with Crippen LogP contribution < -0.4 is 14.4 Å². The highest BCUT2D eigenvalue weighted by Crippen LogP contribution is 2.31. The van der Waals surface area contributed by atoms with Crippen molar-refractivity contribution >= 4 is 27.2 Å². The average molecular weight is 400 g/mol. The molecule has 0 atom stereocenters. The first-order valence-corrected chi connectivity index (χ1v) is 9.82. The van der Waals surface area contributed by atoms with E-state index in [0.29, 0.717) is 17.4 Å². The second kappa shape index (κ2) is 7.73. The van der Waals surface area contributed by atoms with Gasteiger partial charge in [-0.05, 0) is 55.5 Å². The third-order valence-corrected chi connectivity index (χ3v) is 5.44. The van der Waals surface area contributed by atoms with Crippen molar-refractivity contribution in [2.24, 2.45) is 0 Å². The minimum atomic E-state index is -3.85. The van der Waals surface area contributed by atoms with Crippen molar-refractivity contribution in [1.82, 2.24) is 9.97 Å². The van der Waals surface area contributed by atoms with Gasteiger partial charge in [0.15, 0.2) is 5.82 Å². The molecule has 1 aromatic heterocycles. The number of sulfonamides is 1. The van der Waals surface area contributed by atoms with Crippen LogP contribution >= 0.6 is 0 Å². The zero-order chi connectivity index (χ0) is 20.3. The van der Waals surface area contributed by atoms with E-state index in [-0.39, 0.29) is 16.3 Å². The molecule has 0 aliphatic carbocycles. The molecule has 2 N–H and O–H groups in total. The fraction of sp³-hybridized carbons (Fsp3) is 0.158. The zero-order valence-electron chi connectivity index (χ0n) is 15.6. The molecule has 0 unspecified atom stereocenters. The highest BCUT2D eigenvalue weighted by atomic mass is 32.2. The quantitative estimate of drug-likeness (QED) is 0.655. The van der Waals surface area contributed by atoms with E-state index in [0.717, 1.165) is 5.69 Å². The lowest BCUT2D eigenvalue weighted by molar-refractivity contribution is 0.414. The van der Waals surface area contributed by atoms with Gasteiger partial charge in [0.1, 0.15) is 23.0 Å². The Morgan fingerprint density at radius 1 is 1.07 bits per heavy atom. The third kappa shape index (κ3) is 4.15. The van der Waals surface area contributed by atoms with E-state index >= 15 is 0 Å². The van der Waals surface area contributed by atoms with Crippen LogP contribution in [0.25, 0.3) is 0 Å². The average Bonchev–Trinajstić information content (AvgIpc) is 2.69. The van der Waals surface area contributed by atoms with Gasteiger partial charge in [-0.25, -0.2) is 18.4 Å². The SMILES string of the molecule is COc1ccc(S(=O)(=O)Nc2cnc(C)nc2N(C)c2ccc(O)cc2)cc1. The number of phenolic OH excluding ortho intramolecular Hbond substituents is 1. The minimum absolute atomic E-state index is 0.0899. The number of anilines is 3. The van der Waals surface area contributed by atoms with E-state index in [4.69, 9.17) is 4.74 Å². The first-order chi connectivity index (χ1) is 13.3. The van der Waals surface area contributed by atoms with Crippen molar-refractivity contribution in [3.05, 3.63) is 60.6 Å². The molecule has 28 heavy (non-hydrogen) atoms. The summed E-state index contributed by atoms with van der Waals surface area (Å²) in [6.07, 6.45) is 1.43. The van der Waals surface area contributed by atoms with E-state index in [2.05, 4.69) is 14.7 Å². The molecule has 8 nitrogen and oxygen atoms in total. The first kappa shape index (κ1) is 19.4. The molecule has 9 heteroatoms. The van der Waals surface area contributed by atoms with Crippen LogP contribution in [0.4, 0.5) is 17.2 Å². The van der Waals surface area contributed by atoms with Crippen molar-refractivity contribution < 1.29 is 18.3 Å². The van der Waals surface area contributed by atoms with Gasteiger partial charge in [-0.2, -0.15) is 0 Å². The summed E-state index contributed by atoms with van der Waals surface area (Å²) in [4.78, 5) is 10.3. The standard InChI is InChI=1S/C19H20N4O4S/c1-13-20-12-18(19(21-13)23(2)14-4-6-15(24)7-5-14)22-28(25,26)17-10-8-16(27-3)9-11-17/h4-12,22,24H,1-3H3. The van der Waals surface area contributed by atoms with Gasteiger partial charge in [-0.3, -0.25) is 4.72 Å². The first-order valence-electron chi connectivity index (χ1n) is 8.33. The van der Waals surface area contributed by atoms with Gasteiger partial charge in [-0.1, -0.05) is 0 Å². The van der Waals surface area contributed by atoms with E-state index in [9.17, 15) is 13.5 Å². The Morgan fingerprint density at radius 2 is 1.71 bits per heavy atom. The van der Waals surface area contributed by atoms with Crippen molar-refractivity contribution in [3.8, 4) is 11.5 Å². The normalized spacial score (nSPS) is 11.1. The third-order valence-electron chi connectivity index (χ3n) is 4.06. The van der Waals surface area contributed by atoms with Crippen molar-refractivity contribution in [2.45, 2.75) is 11.8 Å². The van der Waals surface area contributed by atoms with Crippen LogP contribution in [0.15, 0.2) is 59.6 Å². The number of hydrogen-bond acceptors (Lipinski definition) is 7. The van der Waals surface area contributed by atoms with Gasteiger partial charge in [-0.15, -0.1) is 0 Å². The second-order valence-electron chi connectivity index (χ2n) is 6.01. The van der Waals surface area contributed by atoms with Gasteiger partial charge in [0.05, 0.1) is 18.2 Å². The van der Waals surface area contributed by atoms with Crippen molar-refractivity contribution in [3.63, 3.8) is 0 Å². The maximum atomic E-state index is 12.8. The number of rotatable bonds is 6. The predicted octanol–water partition coefficient (Wildman–Crippen LogP) is 3.07. The number of hydrogen-bond donors (Lipinski definition) is 2. The molecular formula is C19H20N4O4S. The van der Waals surface area contributed by atoms with E-state index in [1.807, 2.05) is 0 Å². The molecule has 1 heterocycles. The van der Waals surface area contributed by atoms with Crippen molar-refractivity contribution in [1.29, 1.82) is 0 Å². The Balaban J connectivity index is 1.96. The smallest absolute Gasteiger partial charge is 0.262 e. The second-order valence-corrected chi connectivity index (χ2v) is 7.69. The largest absolute Gasteiger partial charge is 0.508 e. The molecule has 0 saturated carbocycles. The van der Waals surface area contributed by atoms with Crippen molar-refractivity contribution in [2.75, 3.05) is 23.8 Å². The number of aromatic nitrogens is 2. The molecule has 146 valence electrons. The molecule has 0 fully saturated rings. The molecule has 0 radical (unpaired) electrons. The summed E-state index contributed by atoms with van der Waals surface area (Å²) < 4.78 is 33.2. The summed E-state index contributed by atoms with van der Waals surface area (Å²) in [5.41, 5.74) is 0.956. The number of nitrogens with one attached hydrogen (secondary N) is 1. The molecule has 3 aromatic rings. The Bertz CT molecular complexity index is 1070. The summed E-state index contributed by atoms with van der Waals surface area (Å²) in [6, 6.07) is 12.6. The number of aromatic hydroxyl groups is 1. The highest BCUT2D eigenvalue weighted by Gasteiger charge is 2.20. The molecule has 0 spiro atoms. The molecule has 0 aliphatic rings. The van der Waals surface area contributed by atoms with Crippen LogP contribution in [0, 0.1) is 6.92 Å². The minimum Gasteiger partial charge on any atom is -0.508 e. The summed E-state index contributed by atoms with van der Waals surface area (Å²) in [5.74, 6) is 1.57. The fourth-order valence-electron chi connectivity index (χ4n) is 2.54. The lowest BCUT2D eigenvalue weighted by Gasteiger charge is -2.22. The maximum absolute atomic E-state index is 12.8. The van der Waals surface area contributed by atoms with Crippen LogP contribution in [0.1, 0.15) is 5.82 Å². The van der Waals surface area contributed by atoms with Crippen LogP contribution in [-0.4, -0.2) is 37.6 Å². The Kier molecular flexibility index (Phi) is 5.36. The van der Waals surface area contributed by atoms with Crippen LogP contribution in [0.2, 0.25) is 0 Å². The molecule has 0 aliphatic heterocycles. The van der Waals surface area contributed by atoms with Crippen LogP contribution in [0.3, 0.4) is 0 Å². The maximum Gasteiger partial charge on any atom is 0.262 e. The molecular weight excluding hydrogens is 380 g/mol. The molecule has 2 aromatic carbocycles. The molecule has 0 amide bonds. The summed E-state index contributed by atoms with van der Waals surface area (Å²) in [5, 5.41) is 9.48. The lowest BCUT2D eigenvalue weighted by atomic mass is 10.2. The summed E-state index contributed by atoms with van der Waals surface area (Å²) in [6.45, 7) is 1.72. The number of nitrogens with zero attached hydrogens (tertiary/aromatic N) is 3. The van der Waals surface area contributed by atoms with Gasteiger partial charge in [0.2, 0.25) is 0 Å². The number of aryl methyl sites for hydroxylation is 1. The lowest BCUT2D eigenvalue weighted by Crippen LogP contribution is -2.19. The van der Waals surface area contributed by atoms with Gasteiger partial charge < -0.3 is 14.7 Å². The van der Waals surface area contributed by atoms with E-state index < -0.39 is 10.0 Å². The predicted molar refractivity (Wildman–Crippen MR) is 107 cm³/mol. The topological polar surface area (TPSA) is 105 Å². The monoisotopic (exact) mass is 400 g/mol. The van der Waals surface area contributed by atoms with E-state index in [1.165, 1.54) is 25.4 Å². The molecule has 0 saturated heterocycles. The number of phenols is 1. The van der Waals surface area contributed by atoms with Gasteiger partial charge >= 0.3 is 0 Å². The van der Waals surface area contributed by atoms with Crippen LogP contribution in [0.5, 0.6) is 11.5 Å². The Labute approximate surface area is 163 Å². The van der Waals surface area contributed by atoms with Gasteiger partial charge in [0, 0.05) is 12.7 Å². The molecule has 0 bridgehead atoms. The number of methoxy groups -OCH3 is 1. The summed E-state index contributed by atoms with van der Waals surface area (Å²) in [7, 11) is -0.588. The van der Waals surface area contributed by atoms with Crippen LogP contribution in [-0.2, 0) is 10.0 Å².